The molecule has 8 heteroatoms. The van der Waals surface area contributed by atoms with Crippen molar-refractivity contribution in [2.24, 2.45) is 0 Å². The van der Waals surface area contributed by atoms with Crippen LogP contribution in [-0.4, -0.2) is 95.6 Å². The molecule has 136 valence electrons. The van der Waals surface area contributed by atoms with E-state index in [0.29, 0.717) is 52.4 Å². The van der Waals surface area contributed by atoms with E-state index in [1.165, 1.54) is 0 Å². The van der Waals surface area contributed by atoms with E-state index in [1.54, 1.807) is 26.5 Å². The minimum absolute atomic E-state index is 0.0120. The van der Waals surface area contributed by atoms with Crippen LogP contribution in [0.5, 0.6) is 0 Å². The summed E-state index contributed by atoms with van der Waals surface area (Å²) in [7, 11) is 0. The third-order valence-electron chi connectivity index (χ3n) is 4.20. The van der Waals surface area contributed by atoms with Gasteiger partial charge >= 0.3 is 12.1 Å². The third-order valence-corrected chi connectivity index (χ3v) is 4.20. The van der Waals surface area contributed by atoms with Crippen molar-refractivity contribution < 1.29 is 19.1 Å². The van der Waals surface area contributed by atoms with E-state index in [1.807, 2.05) is 20.8 Å². The number of urea groups is 1. The summed E-state index contributed by atoms with van der Waals surface area (Å²) in [5, 5.41) is 0. The Morgan fingerprint density at radius 3 is 1.46 bits per heavy atom. The number of hydrogen-bond acceptors (Lipinski definition) is 4. The number of piperazine rings is 2. The molecule has 2 aliphatic rings. The molecule has 4 amide bonds. The van der Waals surface area contributed by atoms with Crippen LogP contribution in [0.1, 0.15) is 27.7 Å². The van der Waals surface area contributed by atoms with Gasteiger partial charge < -0.3 is 24.3 Å². The van der Waals surface area contributed by atoms with E-state index in [-0.39, 0.29) is 18.0 Å². The number of rotatable bonds is 0. The molecular weight excluding hydrogens is 312 g/mol. The first kappa shape index (κ1) is 18.4. The lowest BCUT2D eigenvalue weighted by Gasteiger charge is -2.40. The van der Waals surface area contributed by atoms with Crippen molar-refractivity contribution in [1.29, 1.82) is 0 Å². The Bertz CT molecular complexity index is 487. The molecular formula is C16H28N4O4. The third kappa shape index (κ3) is 4.75. The van der Waals surface area contributed by atoms with Gasteiger partial charge in [0.25, 0.3) is 0 Å². The van der Waals surface area contributed by atoms with Gasteiger partial charge in [-0.1, -0.05) is 0 Å². The van der Waals surface area contributed by atoms with E-state index < -0.39 is 5.60 Å². The van der Waals surface area contributed by atoms with Crippen molar-refractivity contribution in [3.05, 3.63) is 0 Å². The van der Waals surface area contributed by atoms with Gasteiger partial charge in [-0.05, 0) is 20.8 Å². The molecule has 2 rings (SSSR count). The molecule has 0 aromatic carbocycles. The largest absolute Gasteiger partial charge is 0.444 e. The van der Waals surface area contributed by atoms with Gasteiger partial charge in [-0.15, -0.1) is 0 Å². The van der Waals surface area contributed by atoms with Gasteiger partial charge in [0.15, 0.2) is 0 Å². The monoisotopic (exact) mass is 340 g/mol. The summed E-state index contributed by atoms with van der Waals surface area (Å²) in [5.41, 5.74) is -0.513. The predicted molar refractivity (Wildman–Crippen MR) is 88.6 cm³/mol. The van der Waals surface area contributed by atoms with Crippen LogP contribution >= 0.6 is 0 Å². The normalized spacial score (nSPS) is 19.3. The molecule has 24 heavy (non-hydrogen) atoms. The van der Waals surface area contributed by atoms with Crippen molar-refractivity contribution in [3.63, 3.8) is 0 Å². The Hall–Kier alpha value is -1.99. The lowest BCUT2D eigenvalue weighted by molar-refractivity contribution is -0.130. The first-order valence-corrected chi connectivity index (χ1v) is 8.44. The van der Waals surface area contributed by atoms with Crippen LogP contribution in [0.25, 0.3) is 0 Å². The second-order valence-corrected chi connectivity index (χ2v) is 7.23. The molecule has 0 aliphatic carbocycles. The maximum Gasteiger partial charge on any atom is 0.410 e. The molecule has 0 spiro atoms. The SMILES string of the molecule is CC(=O)N1CCN(C(=O)N2CCN(C(=O)OC(C)(C)C)CC2)CC1. The zero-order valence-corrected chi connectivity index (χ0v) is 15.1. The smallest absolute Gasteiger partial charge is 0.410 e. The minimum Gasteiger partial charge on any atom is -0.444 e. The second kappa shape index (κ2) is 7.27. The van der Waals surface area contributed by atoms with Gasteiger partial charge in [0.2, 0.25) is 5.91 Å². The van der Waals surface area contributed by atoms with Crippen molar-refractivity contribution in [2.45, 2.75) is 33.3 Å². The second-order valence-electron chi connectivity index (χ2n) is 7.23. The van der Waals surface area contributed by atoms with E-state index in [2.05, 4.69) is 0 Å². The number of ether oxygens (including phenoxy) is 1. The van der Waals surface area contributed by atoms with Crippen molar-refractivity contribution in [1.82, 2.24) is 19.6 Å². The van der Waals surface area contributed by atoms with Crippen LogP contribution in [-0.2, 0) is 9.53 Å². The molecule has 0 atom stereocenters. The summed E-state index contributed by atoms with van der Waals surface area (Å²) in [6.07, 6.45) is -0.329. The summed E-state index contributed by atoms with van der Waals surface area (Å²) in [5.74, 6) is 0.0491. The van der Waals surface area contributed by atoms with Gasteiger partial charge in [0.05, 0.1) is 0 Å². The fraction of sp³-hybridized carbons (Fsp3) is 0.812. The molecule has 8 nitrogen and oxygen atoms in total. The minimum atomic E-state index is -0.513. The first-order chi connectivity index (χ1) is 11.2. The van der Waals surface area contributed by atoms with Crippen molar-refractivity contribution in [2.75, 3.05) is 52.4 Å². The average Bonchev–Trinajstić information content (AvgIpc) is 2.53. The van der Waals surface area contributed by atoms with E-state index >= 15 is 0 Å². The van der Waals surface area contributed by atoms with Gasteiger partial charge in [-0.25, -0.2) is 9.59 Å². The molecule has 2 heterocycles. The fourth-order valence-corrected chi connectivity index (χ4v) is 2.82. The lowest BCUT2D eigenvalue weighted by atomic mass is 10.2. The Balaban J connectivity index is 1.79. The topological polar surface area (TPSA) is 73.4 Å². The van der Waals surface area contributed by atoms with E-state index in [4.69, 9.17) is 4.74 Å². The van der Waals surface area contributed by atoms with Crippen molar-refractivity contribution >= 4 is 18.0 Å². The number of carbonyl (C=O) groups excluding carboxylic acids is 3. The summed E-state index contributed by atoms with van der Waals surface area (Å²) < 4.78 is 5.36. The molecule has 0 N–H and O–H groups in total. The van der Waals surface area contributed by atoms with Gasteiger partial charge in [-0.3, -0.25) is 4.79 Å². The maximum absolute atomic E-state index is 12.5. The molecule has 0 aromatic heterocycles. The highest BCUT2D eigenvalue weighted by atomic mass is 16.6. The molecule has 0 unspecified atom stereocenters. The van der Waals surface area contributed by atoms with Crippen LogP contribution in [0.4, 0.5) is 9.59 Å². The summed E-state index contributed by atoms with van der Waals surface area (Å²) >= 11 is 0. The van der Waals surface area contributed by atoms with E-state index in [0.717, 1.165) is 0 Å². The average molecular weight is 340 g/mol. The highest BCUT2D eigenvalue weighted by Crippen LogP contribution is 2.13. The Labute approximate surface area is 143 Å². The lowest BCUT2D eigenvalue weighted by Crippen LogP contribution is -2.58. The Morgan fingerprint density at radius 1 is 0.708 bits per heavy atom. The van der Waals surface area contributed by atoms with Crippen LogP contribution in [0, 0.1) is 0 Å². The molecule has 0 saturated carbocycles. The summed E-state index contributed by atoms with van der Waals surface area (Å²) in [6, 6.07) is -0.0120. The molecule has 2 aliphatic heterocycles. The van der Waals surface area contributed by atoms with Crippen molar-refractivity contribution in [3.8, 4) is 0 Å². The highest BCUT2D eigenvalue weighted by Gasteiger charge is 2.31. The van der Waals surface area contributed by atoms with Crippen LogP contribution in [0.15, 0.2) is 0 Å². The van der Waals surface area contributed by atoms with Crippen LogP contribution in [0.2, 0.25) is 0 Å². The van der Waals surface area contributed by atoms with E-state index in [9.17, 15) is 14.4 Å². The quantitative estimate of drug-likeness (QED) is 0.654. The molecule has 0 aromatic rings. The summed E-state index contributed by atoms with van der Waals surface area (Å²) in [4.78, 5) is 42.9. The fourth-order valence-electron chi connectivity index (χ4n) is 2.82. The van der Waals surface area contributed by atoms with Crippen LogP contribution < -0.4 is 0 Å². The first-order valence-electron chi connectivity index (χ1n) is 8.44. The Kier molecular flexibility index (Phi) is 5.56. The number of carbonyl (C=O) groups is 3. The zero-order valence-electron chi connectivity index (χ0n) is 15.1. The standard InChI is InChI=1S/C16H28N4O4/c1-13(21)17-5-7-18(8-6-17)14(22)19-9-11-20(12-10-19)15(23)24-16(2,3)4/h5-12H2,1-4H3. The highest BCUT2D eigenvalue weighted by molar-refractivity contribution is 5.77. The number of hydrogen-bond donors (Lipinski definition) is 0. The van der Waals surface area contributed by atoms with Crippen LogP contribution in [0.3, 0.4) is 0 Å². The number of amides is 4. The molecule has 0 radical (unpaired) electrons. The van der Waals surface area contributed by atoms with Gasteiger partial charge in [0, 0.05) is 59.3 Å². The number of nitrogens with zero attached hydrogens (tertiary/aromatic N) is 4. The molecule has 2 saturated heterocycles. The Morgan fingerprint density at radius 2 is 1.08 bits per heavy atom. The predicted octanol–water partition coefficient (Wildman–Crippen LogP) is 0.823. The van der Waals surface area contributed by atoms with Gasteiger partial charge in [-0.2, -0.15) is 0 Å². The molecule has 0 bridgehead atoms. The summed E-state index contributed by atoms with van der Waals surface area (Å²) in [6.45, 7) is 11.3. The maximum atomic E-state index is 12.5. The zero-order chi connectivity index (χ0) is 17.9. The van der Waals surface area contributed by atoms with Gasteiger partial charge in [0.1, 0.15) is 5.60 Å². The molecule has 2 fully saturated rings.